The Labute approximate surface area is 176 Å². The van der Waals surface area contributed by atoms with Crippen LogP contribution < -0.4 is 5.32 Å². The molecule has 1 N–H and O–H groups in total. The van der Waals surface area contributed by atoms with Gasteiger partial charge in [0.2, 0.25) is 0 Å². The van der Waals surface area contributed by atoms with Gasteiger partial charge in [-0.3, -0.25) is 15.1 Å². The molecule has 150 valence electrons. The number of aromatic nitrogens is 1. The van der Waals surface area contributed by atoms with Gasteiger partial charge in [0.25, 0.3) is 5.69 Å². The number of nitrogens with zero attached hydrogens (tertiary/aromatic N) is 2. The predicted molar refractivity (Wildman–Crippen MR) is 120 cm³/mol. The van der Waals surface area contributed by atoms with Crippen LogP contribution in [0.1, 0.15) is 16.7 Å². The summed E-state index contributed by atoms with van der Waals surface area (Å²) in [4.78, 5) is 14.0. The van der Waals surface area contributed by atoms with Crippen molar-refractivity contribution in [3.8, 4) is 0 Å². The highest BCUT2D eigenvalue weighted by Gasteiger charge is 2.04. The molecular formula is C25H23N3O2. The molecule has 1 heterocycles. The quantitative estimate of drug-likeness (QED) is 0.326. The summed E-state index contributed by atoms with van der Waals surface area (Å²) in [7, 11) is 0. The van der Waals surface area contributed by atoms with Crippen molar-refractivity contribution in [2.24, 2.45) is 0 Å². The second-order valence-corrected chi connectivity index (χ2v) is 6.66. The normalized spacial score (nSPS) is 9.87. The van der Waals surface area contributed by atoms with Gasteiger partial charge in [0.05, 0.1) is 4.92 Å². The summed E-state index contributed by atoms with van der Waals surface area (Å²) in [5.41, 5.74) is 4.78. The molecule has 0 spiro atoms. The third kappa shape index (κ3) is 6.87. The summed E-state index contributed by atoms with van der Waals surface area (Å²) in [5.74, 6) is 0. The minimum atomic E-state index is -0.393. The largest absolute Gasteiger partial charge is 0.381 e. The SMILES string of the molecule is O=[N+]([O-])c1ccc(Cc2ccncc2)cc1.c1ccc(CNc2ccccc2)cc1. The monoisotopic (exact) mass is 397 g/mol. The Morgan fingerprint density at radius 2 is 1.27 bits per heavy atom. The van der Waals surface area contributed by atoms with Gasteiger partial charge in [-0.25, -0.2) is 0 Å². The fraction of sp³-hybridized carbons (Fsp3) is 0.0800. The number of anilines is 1. The molecule has 0 atom stereocenters. The Bertz CT molecular complexity index is 983. The lowest BCUT2D eigenvalue weighted by molar-refractivity contribution is -0.384. The molecule has 0 unspecified atom stereocenters. The number of nitro groups is 1. The molecule has 0 fully saturated rings. The number of benzene rings is 3. The van der Waals surface area contributed by atoms with E-state index in [2.05, 4.69) is 46.7 Å². The number of pyridine rings is 1. The first-order valence-electron chi connectivity index (χ1n) is 9.66. The van der Waals surface area contributed by atoms with Gasteiger partial charge in [0.1, 0.15) is 0 Å². The standard InChI is InChI=1S/C13H13N.C12H10N2O2/c1-3-7-12(8-4-1)11-14-13-9-5-2-6-10-13;15-14(16)12-3-1-10(2-4-12)9-11-5-7-13-8-6-11/h1-10,14H,11H2;1-8H,9H2. The number of para-hydroxylation sites is 1. The van der Waals surface area contributed by atoms with E-state index in [4.69, 9.17) is 0 Å². The molecule has 0 radical (unpaired) electrons. The number of hydrogen-bond acceptors (Lipinski definition) is 4. The van der Waals surface area contributed by atoms with E-state index in [0.717, 1.165) is 29.8 Å². The zero-order valence-corrected chi connectivity index (χ0v) is 16.5. The summed E-state index contributed by atoms with van der Waals surface area (Å²) < 4.78 is 0. The van der Waals surface area contributed by atoms with E-state index in [1.165, 1.54) is 17.7 Å². The molecule has 3 aromatic carbocycles. The molecule has 0 aliphatic rings. The second kappa shape index (κ2) is 11.1. The van der Waals surface area contributed by atoms with Gasteiger partial charge in [-0.05, 0) is 47.4 Å². The molecule has 0 aliphatic heterocycles. The highest BCUT2D eigenvalue weighted by Crippen LogP contribution is 2.14. The summed E-state index contributed by atoms with van der Waals surface area (Å²) in [6, 6.07) is 31.1. The van der Waals surface area contributed by atoms with Crippen LogP contribution in [-0.2, 0) is 13.0 Å². The molecule has 5 heteroatoms. The Hall–Kier alpha value is -3.99. The lowest BCUT2D eigenvalue weighted by Gasteiger charge is -2.05. The van der Waals surface area contributed by atoms with E-state index in [1.54, 1.807) is 24.5 Å². The van der Waals surface area contributed by atoms with Gasteiger partial charge in [-0.2, -0.15) is 0 Å². The lowest BCUT2D eigenvalue weighted by atomic mass is 10.1. The van der Waals surface area contributed by atoms with Gasteiger partial charge in [-0.15, -0.1) is 0 Å². The Morgan fingerprint density at radius 3 is 1.87 bits per heavy atom. The van der Waals surface area contributed by atoms with Crippen molar-refractivity contribution in [2.75, 3.05) is 5.32 Å². The number of nitro benzene ring substituents is 1. The van der Waals surface area contributed by atoms with Gasteiger partial charge in [-0.1, -0.05) is 60.7 Å². The topological polar surface area (TPSA) is 68.1 Å². The molecule has 0 aliphatic carbocycles. The maximum Gasteiger partial charge on any atom is 0.269 e. The summed E-state index contributed by atoms with van der Waals surface area (Å²) in [6.07, 6.45) is 4.24. The molecular weight excluding hydrogens is 374 g/mol. The van der Waals surface area contributed by atoms with Gasteiger partial charge in [0, 0.05) is 36.8 Å². The summed E-state index contributed by atoms with van der Waals surface area (Å²) in [5, 5.41) is 13.8. The van der Waals surface area contributed by atoms with E-state index < -0.39 is 4.92 Å². The highest BCUT2D eigenvalue weighted by molar-refractivity contribution is 5.43. The molecule has 0 saturated carbocycles. The minimum Gasteiger partial charge on any atom is -0.381 e. The van der Waals surface area contributed by atoms with E-state index in [-0.39, 0.29) is 5.69 Å². The first-order valence-corrected chi connectivity index (χ1v) is 9.66. The smallest absolute Gasteiger partial charge is 0.269 e. The van der Waals surface area contributed by atoms with Crippen LogP contribution in [0.4, 0.5) is 11.4 Å². The van der Waals surface area contributed by atoms with Crippen molar-refractivity contribution in [2.45, 2.75) is 13.0 Å². The van der Waals surface area contributed by atoms with Crippen molar-refractivity contribution < 1.29 is 4.92 Å². The minimum absolute atomic E-state index is 0.124. The Morgan fingerprint density at radius 1 is 0.700 bits per heavy atom. The fourth-order valence-electron chi connectivity index (χ4n) is 2.83. The van der Waals surface area contributed by atoms with E-state index in [1.807, 2.05) is 36.4 Å². The second-order valence-electron chi connectivity index (χ2n) is 6.66. The van der Waals surface area contributed by atoms with Gasteiger partial charge >= 0.3 is 0 Å². The molecule has 4 rings (SSSR count). The molecule has 1 aromatic heterocycles. The first kappa shape index (κ1) is 20.7. The number of hydrogen-bond donors (Lipinski definition) is 1. The maximum absolute atomic E-state index is 10.5. The molecule has 0 bridgehead atoms. The molecule has 0 amide bonds. The highest BCUT2D eigenvalue weighted by atomic mass is 16.6. The number of rotatable bonds is 6. The zero-order valence-electron chi connectivity index (χ0n) is 16.5. The zero-order chi connectivity index (χ0) is 21.0. The Kier molecular flexibility index (Phi) is 7.69. The van der Waals surface area contributed by atoms with Crippen LogP contribution in [0, 0.1) is 10.1 Å². The van der Waals surface area contributed by atoms with Crippen LogP contribution in [0.25, 0.3) is 0 Å². The van der Waals surface area contributed by atoms with Crippen LogP contribution in [0.15, 0.2) is 109 Å². The summed E-state index contributed by atoms with van der Waals surface area (Å²) in [6.45, 7) is 0.880. The third-order valence-corrected chi connectivity index (χ3v) is 4.42. The number of nitrogens with one attached hydrogen (secondary N) is 1. The summed E-state index contributed by atoms with van der Waals surface area (Å²) >= 11 is 0. The van der Waals surface area contributed by atoms with Crippen molar-refractivity contribution in [3.05, 3.63) is 136 Å². The predicted octanol–water partition coefficient (Wildman–Crippen LogP) is 5.88. The van der Waals surface area contributed by atoms with Crippen molar-refractivity contribution in [3.63, 3.8) is 0 Å². The van der Waals surface area contributed by atoms with Crippen LogP contribution in [0.2, 0.25) is 0 Å². The average Bonchev–Trinajstić information content (AvgIpc) is 2.81. The van der Waals surface area contributed by atoms with Crippen LogP contribution in [0.3, 0.4) is 0 Å². The van der Waals surface area contributed by atoms with Crippen molar-refractivity contribution in [1.82, 2.24) is 4.98 Å². The van der Waals surface area contributed by atoms with E-state index in [0.29, 0.717) is 0 Å². The van der Waals surface area contributed by atoms with Gasteiger partial charge in [0.15, 0.2) is 0 Å². The van der Waals surface area contributed by atoms with E-state index in [9.17, 15) is 10.1 Å². The van der Waals surface area contributed by atoms with Crippen molar-refractivity contribution in [1.29, 1.82) is 0 Å². The molecule has 0 saturated heterocycles. The molecule has 30 heavy (non-hydrogen) atoms. The first-order chi connectivity index (χ1) is 14.7. The van der Waals surface area contributed by atoms with Crippen molar-refractivity contribution >= 4 is 11.4 Å². The Balaban J connectivity index is 0.000000172. The average molecular weight is 397 g/mol. The maximum atomic E-state index is 10.5. The van der Waals surface area contributed by atoms with Crippen LogP contribution >= 0.6 is 0 Å². The van der Waals surface area contributed by atoms with Gasteiger partial charge < -0.3 is 5.32 Å². The molecule has 4 aromatic rings. The molecule has 5 nitrogen and oxygen atoms in total. The lowest BCUT2D eigenvalue weighted by Crippen LogP contribution is -1.98. The third-order valence-electron chi connectivity index (χ3n) is 4.42. The van der Waals surface area contributed by atoms with E-state index >= 15 is 0 Å². The van der Waals surface area contributed by atoms with Crippen LogP contribution in [0.5, 0.6) is 0 Å². The number of non-ortho nitro benzene ring substituents is 1. The fourth-order valence-corrected chi connectivity index (χ4v) is 2.83. The van der Waals surface area contributed by atoms with Crippen LogP contribution in [-0.4, -0.2) is 9.91 Å².